The first-order valence-corrected chi connectivity index (χ1v) is 9.83. The molecular formula is C23H23N5O3. The van der Waals surface area contributed by atoms with E-state index in [1.54, 1.807) is 57.7 Å². The fourth-order valence-electron chi connectivity index (χ4n) is 3.19. The average Bonchev–Trinajstić information content (AvgIpc) is 3.42. The molecular weight excluding hydrogens is 394 g/mol. The first-order valence-electron chi connectivity index (χ1n) is 9.83. The minimum Gasteiger partial charge on any atom is -0.493 e. The molecule has 0 unspecified atom stereocenters. The molecule has 0 saturated heterocycles. The van der Waals surface area contributed by atoms with Gasteiger partial charge in [-0.15, -0.1) is 0 Å². The SMILES string of the molecule is CC(C)(C)OC(=O)Cn1c(/C=C/c2cnc[nH]2)nc(C=C2C=Nc3ccccc32)c1O. The van der Waals surface area contributed by atoms with Crippen LogP contribution in [-0.2, 0) is 16.1 Å². The smallest absolute Gasteiger partial charge is 0.326 e. The molecule has 0 saturated carbocycles. The molecule has 1 aliphatic rings. The van der Waals surface area contributed by atoms with Gasteiger partial charge in [-0.05, 0) is 45.1 Å². The molecule has 31 heavy (non-hydrogen) atoms. The van der Waals surface area contributed by atoms with Gasteiger partial charge in [-0.1, -0.05) is 18.2 Å². The molecule has 1 aliphatic heterocycles. The molecule has 4 rings (SSSR count). The van der Waals surface area contributed by atoms with Crippen LogP contribution >= 0.6 is 0 Å². The van der Waals surface area contributed by atoms with Crippen LogP contribution in [0.5, 0.6) is 5.88 Å². The van der Waals surface area contributed by atoms with Crippen LogP contribution in [0.1, 0.15) is 43.5 Å². The van der Waals surface area contributed by atoms with Gasteiger partial charge in [0.25, 0.3) is 0 Å². The summed E-state index contributed by atoms with van der Waals surface area (Å²) in [4.78, 5) is 28.3. The maximum Gasteiger partial charge on any atom is 0.326 e. The van der Waals surface area contributed by atoms with Crippen molar-refractivity contribution in [2.24, 2.45) is 4.99 Å². The number of imidazole rings is 2. The Morgan fingerprint density at radius 3 is 2.81 bits per heavy atom. The van der Waals surface area contributed by atoms with Crippen LogP contribution in [0.25, 0.3) is 23.8 Å². The Kier molecular flexibility index (Phi) is 5.29. The number of aromatic amines is 1. The maximum atomic E-state index is 12.4. The molecule has 3 heterocycles. The van der Waals surface area contributed by atoms with Crippen LogP contribution in [0, 0.1) is 0 Å². The van der Waals surface area contributed by atoms with Gasteiger partial charge in [-0.2, -0.15) is 0 Å². The number of carbonyl (C=O) groups is 1. The van der Waals surface area contributed by atoms with Gasteiger partial charge in [-0.25, -0.2) is 9.97 Å². The minimum absolute atomic E-state index is 0.125. The second kappa shape index (κ2) is 8.06. The fraction of sp³-hybridized carbons (Fsp3) is 0.217. The molecule has 158 valence electrons. The highest BCUT2D eigenvalue weighted by Gasteiger charge is 2.22. The Bertz CT molecular complexity index is 1190. The molecule has 8 heteroatoms. The molecule has 0 radical (unpaired) electrons. The molecule has 3 aromatic rings. The topological polar surface area (TPSA) is 105 Å². The van der Waals surface area contributed by atoms with Gasteiger partial charge in [0.2, 0.25) is 5.88 Å². The number of allylic oxidation sites excluding steroid dienone is 1. The lowest BCUT2D eigenvalue weighted by molar-refractivity contribution is -0.155. The highest BCUT2D eigenvalue weighted by atomic mass is 16.6. The van der Waals surface area contributed by atoms with E-state index >= 15 is 0 Å². The van der Waals surface area contributed by atoms with Crippen molar-refractivity contribution < 1.29 is 14.6 Å². The van der Waals surface area contributed by atoms with Gasteiger partial charge in [0.15, 0.2) is 0 Å². The number of ether oxygens (including phenoxy) is 1. The summed E-state index contributed by atoms with van der Waals surface area (Å²) >= 11 is 0. The van der Waals surface area contributed by atoms with E-state index in [1.807, 2.05) is 24.3 Å². The molecule has 0 fully saturated rings. The van der Waals surface area contributed by atoms with Crippen molar-refractivity contribution in [2.75, 3.05) is 0 Å². The fourth-order valence-corrected chi connectivity index (χ4v) is 3.19. The molecule has 2 N–H and O–H groups in total. The summed E-state index contributed by atoms with van der Waals surface area (Å²) in [5.41, 5.74) is 3.12. The van der Waals surface area contributed by atoms with Crippen LogP contribution in [0.4, 0.5) is 5.69 Å². The number of esters is 1. The summed E-state index contributed by atoms with van der Waals surface area (Å²) in [5.74, 6) is -0.184. The van der Waals surface area contributed by atoms with E-state index in [-0.39, 0.29) is 12.4 Å². The van der Waals surface area contributed by atoms with Gasteiger partial charge in [0.05, 0.1) is 23.9 Å². The number of para-hydroxylation sites is 1. The van der Waals surface area contributed by atoms with Crippen LogP contribution < -0.4 is 0 Å². The number of rotatable bonds is 5. The number of benzene rings is 1. The summed E-state index contributed by atoms with van der Waals surface area (Å²) in [6.45, 7) is 5.21. The highest BCUT2D eigenvalue weighted by Crippen LogP contribution is 2.33. The van der Waals surface area contributed by atoms with E-state index in [2.05, 4.69) is 19.9 Å². The van der Waals surface area contributed by atoms with Crippen molar-refractivity contribution in [3.63, 3.8) is 0 Å². The van der Waals surface area contributed by atoms with E-state index in [9.17, 15) is 9.90 Å². The van der Waals surface area contributed by atoms with E-state index in [1.165, 1.54) is 4.57 Å². The predicted octanol–water partition coefficient (Wildman–Crippen LogP) is 4.08. The first kappa shape index (κ1) is 20.3. The summed E-state index contributed by atoms with van der Waals surface area (Å²) in [6.07, 6.45) is 10.2. The predicted molar refractivity (Wildman–Crippen MR) is 120 cm³/mol. The summed E-state index contributed by atoms with van der Waals surface area (Å²) in [6, 6.07) is 7.74. The summed E-state index contributed by atoms with van der Waals surface area (Å²) in [7, 11) is 0. The quantitative estimate of drug-likeness (QED) is 0.609. The normalized spacial score (nSPS) is 14.5. The molecule has 0 aliphatic carbocycles. The zero-order valence-corrected chi connectivity index (χ0v) is 17.5. The molecule has 8 nitrogen and oxygen atoms in total. The van der Waals surface area contributed by atoms with Gasteiger partial charge in [-0.3, -0.25) is 14.4 Å². The number of H-pyrrole nitrogens is 1. The Morgan fingerprint density at radius 1 is 1.26 bits per heavy atom. The molecule has 0 spiro atoms. The number of fused-ring (bicyclic) bond motifs is 1. The molecule has 0 atom stereocenters. The number of nitrogens with one attached hydrogen (secondary N) is 1. The Labute approximate surface area is 179 Å². The van der Waals surface area contributed by atoms with Crippen molar-refractivity contribution in [3.8, 4) is 5.88 Å². The monoisotopic (exact) mass is 417 g/mol. The van der Waals surface area contributed by atoms with E-state index in [4.69, 9.17) is 4.74 Å². The molecule has 0 amide bonds. The van der Waals surface area contributed by atoms with Gasteiger partial charge < -0.3 is 14.8 Å². The van der Waals surface area contributed by atoms with Crippen molar-refractivity contribution in [1.29, 1.82) is 0 Å². The summed E-state index contributed by atoms with van der Waals surface area (Å²) < 4.78 is 6.84. The zero-order valence-electron chi connectivity index (χ0n) is 17.5. The lowest BCUT2D eigenvalue weighted by atomic mass is 10.1. The lowest BCUT2D eigenvalue weighted by Gasteiger charge is -2.20. The average molecular weight is 417 g/mol. The third kappa shape index (κ3) is 4.63. The number of hydrogen-bond donors (Lipinski definition) is 2. The number of nitrogens with zero attached hydrogens (tertiary/aromatic N) is 4. The maximum absolute atomic E-state index is 12.4. The Hall–Kier alpha value is -3.94. The lowest BCUT2D eigenvalue weighted by Crippen LogP contribution is -2.26. The van der Waals surface area contributed by atoms with Crippen molar-refractivity contribution >= 4 is 41.7 Å². The number of aliphatic imine (C=N–C) groups is 1. The van der Waals surface area contributed by atoms with Crippen molar-refractivity contribution in [2.45, 2.75) is 32.9 Å². The van der Waals surface area contributed by atoms with Crippen LogP contribution in [-0.4, -0.2) is 42.4 Å². The van der Waals surface area contributed by atoms with Crippen LogP contribution in [0.15, 0.2) is 41.8 Å². The number of aromatic hydroxyl groups is 1. The minimum atomic E-state index is -0.631. The third-order valence-corrected chi connectivity index (χ3v) is 4.48. The number of hydrogen-bond acceptors (Lipinski definition) is 6. The van der Waals surface area contributed by atoms with Crippen LogP contribution in [0.2, 0.25) is 0 Å². The van der Waals surface area contributed by atoms with Crippen molar-refractivity contribution in [1.82, 2.24) is 19.5 Å². The van der Waals surface area contributed by atoms with Gasteiger partial charge >= 0.3 is 5.97 Å². The Balaban J connectivity index is 1.71. The van der Waals surface area contributed by atoms with Crippen LogP contribution in [0.3, 0.4) is 0 Å². The standard InChI is InChI=1S/C23H23N5O3/c1-23(2,3)31-21(29)13-28-20(9-8-16-12-24-14-26-16)27-19(22(28)30)10-15-11-25-18-7-5-4-6-17(15)18/h4-12,14,30H,13H2,1-3H3,(H,24,26)/b9-8+,15-10?. The number of carbonyl (C=O) groups excluding carboxylic acids is 1. The zero-order chi connectivity index (χ0) is 22.0. The third-order valence-electron chi connectivity index (χ3n) is 4.48. The first-order chi connectivity index (χ1) is 14.8. The van der Waals surface area contributed by atoms with E-state index < -0.39 is 11.6 Å². The second-order valence-electron chi connectivity index (χ2n) is 8.07. The number of aromatic nitrogens is 4. The van der Waals surface area contributed by atoms with Gasteiger partial charge in [0, 0.05) is 17.4 Å². The van der Waals surface area contributed by atoms with E-state index in [0.29, 0.717) is 11.5 Å². The van der Waals surface area contributed by atoms with E-state index in [0.717, 1.165) is 22.5 Å². The van der Waals surface area contributed by atoms with Crippen molar-refractivity contribution in [3.05, 3.63) is 59.6 Å². The largest absolute Gasteiger partial charge is 0.493 e. The Morgan fingerprint density at radius 2 is 2.06 bits per heavy atom. The second-order valence-corrected chi connectivity index (χ2v) is 8.07. The summed E-state index contributed by atoms with van der Waals surface area (Å²) in [5, 5.41) is 10.9. The highest BCUT2D eigenvalue weighted by molar-refractivity contribution is 6.21. The molecule has 2 aromatic heterocycles. The molecule has 0 bridgehead atoms. The molecule has 1 aromatic carbocycles. The van der Waals surface area contributed by atoms with Gasteiger partial charge in [0.1, 0.15) is 23.7 Å².